The topological polar surface area (TPSA) is 40.6 Å². The zero-order valence-corrected chi connectivity index (χ0v) is 11.2. The maximum absolute atomic E-state index is 11.9. The van der Waals surface area contributed by atoms with Crippen molar-refractivity contribution in [2.45, 2.75) is 13.0 Å². The van der Waals surface area contributed by atoms with E-state index in [9.17, 15) is 9.59 Å². The third-order valence-corrected chi connectivity index (χ3v) is 3.45. The average Bonchev–Trinajstić information content (AvgIpc) is 2.76. The first-order valence-corrected chi connectivity index (χ1v) is 6.62. The first-order valence-electron chi connectivity index (χ1n) is 5.46. The Morgan fingerprint density at radius 2 is 2.06 bits per heavy atom. The van der Waals surface area contributed by atoms with Gasteiger partial charge in [-0.2, -0.15) is 0 Å². The Balaban J connectivity index is 2.69. The van der Waals surface area contributed by atoms with Crippen LogP contribution in [-0.4, -0.2) is 53.4 Å². The molecule has 0 bridgehead atoms. The van der Waals surface area contributed by atoms with Gasteiger partial charge < -0.3 is 9.80 Å². The van der Waals surface area contributed by atoms with Gasteiger partial charge in [-0.05, 0) is 6.92 Å². The van der Waals surface area contributed by atoms with E-state index in [1.807, 2.05) is 13.0 Å². The molecule has 4 nitrogen and oxygen atoms in total. The highest BCUT2D eigenvalue weighted by molar-refractivity contribution is 7.99. The standard InChI is InChI=1S/C12H18N2O2S/c1-4-5-6-7-11(15)14-9-17-8-10(14)12(16)13(2)3/h4-7,10H,8-9H2,1-3H3. The molecule has 0 spiro atoms. The maximum atomic E-state index is 11.9. The minimum Gasteiger partial charge on any atom is -0.347 e. The third kappa shape index (κ3) is 3.63. The number of hydrogen-bond acceptors (Lipinski definition) is 3. The molecule has 0 saturated carbocycles. The first-order chi connectivity index (χ1) is 8.07. The van der Waals surface area contributed by atoms with Crippen molar-refractivity contribution in [3.05, 3.63) is 24.3 Å². The molecule has 1 aliphatic rings. The molecule has 1 unspecified atom stereocenters. The molecule has 1 aliphatic heterocycles. The van der Waals surface area contributed by atoms with Crippen LogP contribution in [0.15, 0.2) is 24.3 Å². The lowest BCUT2D eigenvalue weighted by Crippen LogP contribution is -2.46. The van der Waals surface area contributed by atoms with Crippen molar-refractivity contribution in [1.29, 1.82) is 0 Å². The molecule has 0 aliphatic carbocycles. The molecular formula is C12H18N2O2S. The molecule has 0 aromatic carbocycles. The van der Waals surface area contributed by atoms with Gasteiger partial charge in [0.2, 0.25) is 11.8 Å². The molecule has 0 radical (unpaired) electrons. The Morgan fingerprint density at radius 3 is 2.65 bits per heavy atom. The molecule has 0 aromatic rings. The van der Waals surface area contributed by atoms with Gasteiger partial charge in [-0.25, -0.2) is 0 Å². The van der Waals surface area contributed by atoms with Crippen LogP contribution in [0.3, 0.4) is 0 Å². The Bertz CT molecular complexity index is 350. The summed E-state index contributed by atoms with van der Waals surface area (Å²) in [4.78, 5) is 26.9. The number of hydrogen-bond donors (Lipinski definition) is 0. The van der Waals surface area contributed by atoms with Crippen LogP contribution in [0.4, 0.5) is 0 Å². The monoisotopic (exact) mass is 254 g/mol. The van der Waals surface area contributed by atoms with Crippen molar-refractivity contribution in [3.63, 3.8) is 0 Å². The number of likely N-dealkylation sites (N-methyl/N-ethyl adjacent to an activating group) is 1. The zero-order chi connectivity index (χ0) is 12.8. The van der Waals surface area contributed by atoms with Gasteiger partial charge in [0.05, 0.1) is 5.88 Å². The lowest BCUT2D eigenvalue weighted by Gasteiger charge is -2.24. The molecule has 5 heteroatoms. The van der Waals surface area contributed by atoms with E-state index in [1.165, 1.54) is 11.0 Å². The number of nitrogens with zero attached hydrogens (tertiary/aromatic N) is 2. The third-order valence-electron chi connectivity index (χ3n) is 2.43. The van der Waals surface area contributed by atoms with Crippen molar-refractivity contribution >= 4 is 23.6 Å². The molecule has 1 atom stereocenters. The van der Waals surface area contributed by atoms with E-state index in [4.69, 9.17) is 0 Å². The van der Waals surface area contributed by atoms with Crippen molar-refractivity contribution in [2.24, 2.45) is 0 Å². The number of amides is 2. The smallest absolute Gasteiger partial charge is 0.247 e. The van der Waals surface area contributed by atoms with Crippen LogP contribution in [0, 0.1) is 0 Å². The fourth-order valence-corrected chi connectivity index (χ4v) is 2.66. The summed E-state index contributed by atoms with van der Waals surface area (Å²) in [5.41, 5.74) is 0. The lowest BCUT2D eigenvalue weighted by atomic mass is 10.2. The van der Waals surface area contributed by atoms with Crippen LogP contribution in [0.25, 0.3) is 0 Å². The Kier molecular flexibility index (Phi) is 5.28. The van der Waals surface area contributed by atoms with E-state index in [-0.39, 0.29) is 17.9 Å². The van der Waals surface area contributed by atoms with Crippen LogP contribution in [0.5, 0.6) is 0 Å². The Hall–Kier alpha value is -1.23. The van der Waals surface area contributed by atoms with E-state index in [1.54, 1.807) is 42.9 Å². The van der Waals surface area contributed by atoms with Gasteiger partial charge in [0, 0.05) is 25.9 Å². The van der Waals surface area contributed by atoms with E-state index in [0.717, 1.165) is 0 Å². The molecule has 94 valence electrons. The van der Waals surface area contributed by atoms with Crippen molar-refractivity contribution in [1.82, 2.24) is 9.80 Å². The largest absolute Gasteiger partial charge is 0.347 e. The Morgan fingerprint density at radius 1 is 1.35 bits per heavy atom. The second-order valence-corrected chi connectivity index (χ2v) is 4.94. The minimum absolute atomic E-state index is 0.0113. The summed E-state index contributed by atoms with van der Waals surface area (Å²) in [7, 11) is 3.42. The quantitative estimate of drug-likeness (QED) is 0.559. The predicted octanol–water partition coefficient (Wildman–Crippen LogP) is 1.11. The highest BCUT2D eigenvalue weighted by atomic mass is 32.2. The van der Waals surface area contributed by atoms with Crippen molar-refractivity contribution in [3.8, 4) is 0 Å². The first kappa shape index (κ1) is 13.8. The summed E-state index contributed by atoms with van der Waals surface area (Å²) < 4.78 is 0. The minimum atomic E-state index is -0.322. The van der Waals surface area contributed by atoms with E-state index in [0.29, 0.717) is 11.6 Å². The molecule has 1 saturated heterocycles. The van der Waals surface area contributed by atoms with Crippen LogP contribution < -0.4 is 0 Å². The number of thioether (sulfide) groups is 1. The molecule has 1 heterocycles. The molecular weight excluding hydrogens is 236 g/mol. The van der Waals surface area contributed by atoms with Gasteiger partial charge in [-0.3, -0.25) is 9.59 Å². The summed E-state index contributed by atoms with van der Waals surface area (Å²) in [6.07, 6.45) is 6.85. The summed E-state index contributed by atoms with van der Waals surface area (Å²) in [5, 5.41) is 0. The molecule has 0 aromatic heterocycles. The predicted molar refractivity (Wildman–Crippen MR) is 70.6 cm³/mol. The number of carbonyl (C=O) groups is 2. The highest BCUT2D eigenvalue weighted by Gasteiger charge is 2.34. The molecule has 1 fully saturated rings. The van der Waals surface area contributed by atoms with Crippen LogP contribution in [0.2, 0.25) is 0 Å². The highest BCUT2D eigenvalue weighted by Crippen LogP contribution is 2.22. The summed E-state index contributed by atoms with van der Waals surface area (Å²) >= 11 is 1.61. The van der Waals surface area contributed by atoms with Gasteiger partial charge >= 0.3 is 0 Å². The van der Waals surface area contributed by atoms with Crippen LogP contribution >= 0.6 is 11.8 Å². The summed E-state index contributed by atoms with van der Waals surface area (Å²) in [6.45, 7) is 1.89. The lowest BCUT2D eigenvalue weighted by molar-refractivity contribution is -0.139. The summed E-state index contributed by atoms with van der Waals surface area (Å²) in [6, 6.07) is -0.322. The zero-order valence-electron chi connectivity index (χ0n) is 10.4. The summed E-state index contributed by atoms with van der Waals surface area (Å²) in [5.74, 6) is 1.15. The van der Waals surface area contributed by atoms with Gasteiger partial charge in [0.25, 0.3) is 0 Å². The normalized spacial score (nSPS) is 20.4. The fourth-order valence-electron chi connectivity index (χ4n) is 1.51. The van der Waals surface area contributed by atoms with Gasteiger partial charge in [-0.1, -0.05) is 18.2 Å². The average molecular weight is 254 g/mol. The van der Waals surface area contributed by atoms with E-state index < -0.39 is 0 Å². The second kappa shape index (κ2) is 6.49. The van der Waals surface area contributed by atoms with Crippen LogP contribution in [-0.2, 0) is 9.59 Å². The van der Waals surface area contributed by atoms with E-state index >= 15 is 0 Å². The van der Waals surface area contributed by atoms with Gasteiger partial charge in [-0.15, -0.1) is 11.8 Å². The molecule has 1 rings (SSSR count). The molecule has 2 amide bonds. The van der Waals surface area contributed by atoms with Gasteiger partial charge in [0.1, 0.15) is 6.04 Å². The van der Waals surface area contributed by atoms with Crippen molar-refractivity contribution in [2.75, 3.05) is 25.7 Å². The van der Waals surface area contributed by atoms with Gasteiger partial charge in [0.15, 0.2) is 0 Å². The number of allylic oxidation sites excluding steroid dienone is 3. The molecule has 0 N–H and O–H groups in total. The Labute approximate surface area is 106 Å². The number of carbonyl (C=O) groups excluding carboxylic acids is 2. The van der Waals surface area contributed by atoms with Crippen LogP contribution in [0.1, 0.15) is 6.92 Å². The fraction of sp³-hybridized carbons (Fsp3) is 0.500. The molecule has 17 heavy (non-hydrogen) atoms. The number of rotatable bonds is 3. The van der Waals surface area contributed by atoms with E-state index in [2.05, 4.69) is 0 Å². The maximum Gasteiger partial charge on any atom is 0.247 e. The SMILES string of the molecule is CC=CC=CC(=O)N1CSCC1C(=O)N(C)C. The second-order valence-electron chi connectivity index (χ2n) is 3.94. The van der Waals surface area contributed by atoms with Crippen molar-refractivity contribution < 1.29 is 9.59 Å².